The Kier molecular flexibility index (Phi) is 4.90. The molecule has 0 aliphatic heterocycles. The van der Waals surface area contributed by atoms with E-state index in [-0.39, 0.29) is 29.3 Å². The number of benzene rings is 2. The highest BCUT2D eigenvalue weighted by molar-refractivity contribution is 7.20. The van der Waals surface area contributed by atoms with E-state index in [4.69, 9.17) is 4.74 Å². The van der Waals surface area contributed by atoms with Crippen molar-refractivity contribution in [1.29, 1.82) is 0 Å². The molecule has 1 aliphatic carbocycles. The maximum absolute atomic E-state index is 13.7. The Balaban J connectivity index is 1.38. The molecule has 0 fully saturated rings. The first-order chi connectivity index (χ1) is 13.1. The van der Waals surface area contributed by atoms with Gasteiger partial charge in [0.2, 0.25) is 0 Å². The molecule has 4 nitrogen and oxygen atoms in total. The van der Waals surface area contributed by atoms with Crippen molar-refractivity contribution in [3.8, 4) is 0 Å². The zero-order chi connectivity index (χ0) is 18.8. The van der Waals surface area contributed by atoms with Gasteiger partial charge in [0.25, 0.3) is 5.91 Å². The second kappa shape index (κ2) is 7.48. The molecule has 0 saturated heterocycles. The molecule has 1 aliphatic rings. The molecule has 0 unspecified atom stereocenters. The van der Waals surface area contributed by atoms with E-state index >= 15 is 0 Å². The lowest BCUT2D eigenvalue weighted by atomic mass is 9.88. The summed E-state index contributed by atoms with van der Waals surface area (Å²) in [6.07, 6.45) is 2.89. The van der Waals surface area contributed by atoms with E-state index in [0.717, 1.165) is 36.2 Å². The largest absolute Gasteiger partial charge is 0.451 e. The van der Waals surface area contributed by atoms with Gasteiger partial charge in [0.15, 0.2) is 6.61 Å². The Morgan fingerprint density at radius 1 is 1.19 bits per heavy atom. The van der Waals surface area contributed by atoms with Crippen LogP contribution >= 0.6 is 11.3 Å². The van der Waals surface area contributed by atoms with Crippen LogP contribution in [0, 0.1) is 5.82 Å². The molecule has 138 valence electrons. The first-order valence-corrected chi connectivity index (χ1v) is 9.66. The zero-order valence-electron chi connectivity index (χ0n) is 14.5. The van der Waals surface area contributed by atoms with Gasteiger partial charge in [-0.2, -0.15) is 0 Å². The second-order valence-corrected chi connectivity index (χ2v) is 7.63. The van der Waals surface area contributed by atoms with Gasteiger partial charge in [0.1, 0.15) is 10.7 Å². The maximum Gasteiger partial charge on any atom is 0.348 e. The summed E-state index contributed by atoms with van der Waals surface area (Å²) in [5.41, 5.74) is 2.38. The van der Waals surface area contributed by atoms with Crippen molar-refractivity contribution in [2.75, 3.05) is 6.61 Å². The maximum atomic E-state index is 13.7. The van der Waals surface area contributed by atoms with Crippen LogP contribution in [0.25, 0.3) is 10.1 Å². The lowest BCUT2D eigenvalue weighted by Gasteiger charge is -2.26. The number of carbonyl (C=O) groups excluding carboxylic acids is 2. The molecule has 1 amide bonds. The molecule has 0 spiro atoms. The summed E-state index contributed by atoms with van der Waals surface area (Å²) in [6.45, 7) is -0.353. The van der Waals surface area contributed by atoms with Crippen molar-refractivity contribution in [2.24, 2.45) is 0 Å². The molecule has 3 aromatic rings. The van der Waals surface area contributed by atoms with Crippen LogP contribution in [0.1, 0.15) is 39.7 Å². The van der Waals surface area contributed by atoms with Crippen molar-refractivity contribution in [3.05, 3.63) is 70.4 Å². The fourth-order valence-electron chi connectivity index (χ4n) is 3.47. The first kappa shape index (κ1) is 17.7. The number of ether oxygens (including phenoxy) is 1. The Hall–Kier alpha value is -2.73. The molecule has 0 radical (unpaired) electrons. The predicted molar refractivity (Wildman–Crippen MR) is 102 cm³/mol. The molecule has 1 heterocycles. The summed E-state index contributed by atoms with van der Waals surface area (Å²) in [5, 5.41) is 3.33. The van der Waals surface area contributed by atoms with Gasteiger partial charge in [-0.05, 0) is 48.6 Å². The number of hydrogen-bond donors (Lipinski definition) is 1. The second-order valence-electron chi connectivity index (χ2n) is 6.55. The van der Waals surface area contributed by atoms with Gasteiger partial charge < -0.3 is 10.1 Å². The molecule has 27 heavy (non-hydrogen) atoms. The summed E-state index contributed by atoms with van der Waals surface area (Å²) in [5.74, 6) is -1.33. The summed E-state index contributed by atoms with van der Waals surface area (Å²) in [4.78, 5) is 24.7. The number of aryl methyl sites for hydroxylation is 1. The SMILES string of the molecule is O=C(COC(=O)c1cc2c(F)cccc2s1)N[C@H]1CCCc2ccccc21. The highest BCUT2D eigenvalue weighted by Crippen LogP contribution is 2.30. The third-order valence-electron chi connectivity index (χ3n) is 4.75. The standard InChI is InChI=1S/C21H18FNO3S/c22-16-8-4-10-18-15(16)11-19(27-18)21(25)26-12-20(24)23-17-9-3-6-13-5-1-2-7-14(13)17/h1-2,4-5,7-8,10-11,17H,3,6,9,12H2,(H,23,24)/t17-/m0/s1. The van der Waals surface area contributed by atoms with Crippen LogP contribution in [0.2, 0.25) is 0 Å². The van der Waals surface area contributed by atoms with Crippen molar-refractivity contribution in [1.82, 2.24) is 5.32 Å². The molecule has 4 rings (SSSR count). The summed E-state index contributed by atoms with van der Waals surface area (Å²) in [7, 11) is 0. The van der Waals surface area contributed by atoms with Crippen LogP contribution in [0.5, 0.6) is 0 Å². The monoisotopic (exact) mass is 383 g/mol. The van der Waals surface area contributed by atoms with Crippen molar-refractivity contribution in [2.45, 2.75) is 25.3 Å². The van der Waals surface area contributed by atoms with E-state index in [0.29, 0.717) is 10.1 Å². The van der Waals surface area contributed by atoms with Gasteiger partial charge in [-0.3, -0.25) is 4.79 Å². The molecular weight excluding hydrogens is 365 g/mol. The van der Waals surface area contributed by atoms with Gasteiger partial charge in [-0.25, -0.2) is 9.18 Å². The summed E-state index contributed by atoms with van der Waals surface area (Å²) < 4.78 is 19.5. The fourth-order valence-corrected chi connectivity index (χ4v) is 4.44. The summed E-state index contributed by atoms with van der Waals surface area (Å²) in [6, 6.07) is 14.2. The van der Waals surface area contributed by atoms with Crippen molar-refractivity contribution >= 4 is 33.3 Å². The number of hydrogen-bond acceptors (Lipinski definition) is 4. The van der Waals surface area contributed by atoms with E-state index in [1.165, 1.54) is 17.7 Å². The minimum absolute atomic E-state index is 0.0560. The Morgan fingerprint density at radius 3 is 2.89 bits per heavy atom. The Morgan fingerprint density at radius 2 is 2.04 bits per heavy atom. The van der Waals surface area contributed by atoms with E-state index in [1.807, 2.05) is 18.2 Å². The lowest BCUT2D eigenvalue weighted by Crippen LogP contribution is -2.34. The smallest absolute Gasteiger partial charge is 0.348 e. The van der Waals surface area contributed by atoms with E-state index in [1.54, 1.807) is 12.1 Å². The summed E-state index contributed by atoms with van der Waals surface area (Å²) >= 11 is 1.15. The van der Waals surface area contributed by atoms with Crippen LogP contribution < -0.4 is 5.32 Å². The van der Waals surface area contributed by atoms with Crippen LogP contribution in [-0.4, -0.2) is 18.5 Å². The molecule has 2 aromatic carbocycles. The highest BCUT2D eigenvalue weighted by Gasteiger charge is 2.22. The number of halogens is 1. The van der Waals surface area contributed by atoms with Gasteiger partial charge in [-0.15, -0.1) is 11.3 Å². The highest BCUT2D eigenvalue weighted by atomic mass is 32.1. The average Bonchev–Trinajstić information content (AvgIpc) is 3.12. The van der Waals surface area contributed by atoms with Gasteiger partial charge in [0, 0.05) is 10.1 Å². The minimum Gasteiger partial charge on any atom is -0.451 e. The van der Waals surface area contributed by atoms with Gasteiger partial charge >= 0.3 is 5.97 Å². The third-order valence-corrected chi connectivity index (χ3v) is 5.83. The fraction of sp³-hybridized carbons (Fsp3) is 0.238. The Bertz CT molecular complexity index is 1010. The topological polar surface area (TPSA) is 55.4 Å². The van der Waals surface area contributed by atoms with Crippen LogP contribution in [0.15, 0.2) is 48.5 Å². The van der Waals surface area contributed by atoms with Crippen LogP contribution in [0.3, 0.4) is 0 Å². The normalized spacial score (nSPS) is 16.0. The number of esters is 1. The third kappa shape index (κ3) is 3.71. The minimum atomic E-state index is -0.616. The van der Waals surface area contributed by atoms with E-state index < -0.39 is 5.97 Å². The number of fused-ring (bicyclic) bond motifs is 2. The number of rotatable bonds is 4. The lowest BCUT2D eigenvalue weighted by molar-refractivity contribution is -0.125. The van der Waals surface area contributed by atoms with E-state index in [9.17, 15) is 14.0 Å². The zero-order valence-corrected chi connectivity index (χ0v) is 15.4. The van der Waals surface area contributed by atoms with Crippen molar-refractivity contribution < 1.29 is 18.7 Å². The molecule has 6 heteroatoms. The molecule has 0 saturated carbocycles. The van der Waals surface area contributed by atoms with Gasteiger partial charge in [-0.1, -0.05) is 30.3 Å². The Labute approximate surface area is 160 Å². The molecule has 1 aromatic heterocycles. The quantitative estimate of drug-likeness (QED) is 0.680. The molecule has 1 N–H and O–H groups in total. The van der Waals surface area contributed by atoms with Crippen LogP contribution in [-0.2, 0) is 16.0 Å². The number of amides is 1. The number of thiophene rings is 1. The number of nitrogens with one attached hydrogen (secondary N) is 1. The van der Waals surface area contributed by atoms with Crippen LogP contribution in [0.4, 0.5) is 4.39 Å². The number of carbonyl (C=O) groups is 2. The molecule has 0 bridgehead atoms. The predicted octanol–water partition coefficient (Wildman–Crippen LogP) is 4.39. The van der Waals surface area contributed by atoms with Gasteiger partial charge in [0.05, 0.1) is 6.04 Å². The molecular formula is C21H18FNO3S. The molecule has 1 atom stereocenters. The van der Waals surface area contributed by atoms with Crippen molar-refractivity contribution in [3.63, 3.8) is 0 Å². The first-order valence-electron chi connectivity index (χ1n) is 8.84. The van der Waals surface area contributed by atoms with E-state index in [2.05, 4.69) is 11.4 Å². The average molecular weight is 383 g/mol.